The van der Waals surface area contributed by atoms with Crippen molar-refractivity contribution in [2.24, 2.45) is 0 Å². The molecule has 3 aliphatic heterocycles. The zero-order chi connectivity index (χ0) is 17.3. The SMILES string of the molecule is OC1CCCOC12CCN(c1ncc(F)c(N3CCOCC3)n1)CC2. The Labute approximate surface area is 146 Å². The Balaban J connectivity index is 1.47. The quantitative estimate of drug-likeness (QED) is 0.850. The number of hydrogen-bond donors (Lipinski definition) is 1. The lowest BCUT2D eigenvalue weighted by Crippen LogP contribution is -2.55. The van der Waals surface area contributed by atoms with Crippen LogP contribution in [0.15, 0.2) is 6.20 Å². The number of aromatic nitrogens is 2. The minimum absolute atomic E-state index is 0.350. The van der Waals surface area contributed by atoms with Gasteiger partial charge in [0.1, 0.15) is 0 Å². The van der Waals surface area contributed by atoms with Gasteiger partial charge in [-0.15, -0.1) is 0 Å². The molecule has 1 N–H and O–H groups in total. The normalized spacial score (nSPS) is 26.9. The van der Waals surface area contributed by atoms with Gasteiger partial charge in [0, 0.05) is 32.8 Å². The number of piperidine rings is 1. The molecule has 0 bridgehead atoms. The lowest BCUT2D eigenvalue weighted by molar-refractivity contribution is -0.164. The second-order valence-electron chi connectivity index (χ2n) is 7.00. The molecule has 0 aliphatic carbocycles. The van der Waals surface area contributed by atoms with Crippen molar-refractivity contribution < 1.29 is 19.0 Å². The third-order valence-corrected chi connectivity index (χ3v) is 5.53. The summed E-state index contributed by atoms with van der Waals surface area (Å²) >= 11 is 0. The number of aliphatic hydroxyl groups excluding tert-OH is 1. The largest absolute Gasteiger partial charge is 0.390 e. The van der Waals surface area contributed by atoms with Gasteiger partial charge < -0.3 is 24.4 Å². The van der Waals surface area contributed by atoms with Crippen molar-refractivity contribution in [3.05, 3.63) is 12.0 Å². The number of rotatable bonds is 2. The fourth-order valence-corrected chi connectivity index (χ4v) is 3.97. The molecule has 1 aromatic rings. The van der Waals surface area contributed by atoms with Gasteiger partial charge in [0.25, 0.3) is 0 Å². The average Bonchev–Trinajstić information content (AvgIpc) is 2.66. The van der Waals surface area contributed by atoms with E-state index in [2.05, 4.69) is 14.9 Å². The van der Waals surface area contributed by atoms with Gasteiger partial charge in [-0.1, -0.05) is 0 Å². The third kappa shape index (κ3) is 3.30. The Morgan fingerprint density at radius 1 is 1.12 bits per heavy atom. The molecule has 1 spiro atoms. The van der Waals surface area contributed by atoms with Crippen LogP contribution in [0.5, 0.6) is 0 Å². The van der Waals surface area contributed by atoms with Crippen LogP contribution in [0.3, 0.4) is 0 Å². The molecule has 0 saturated carbocycles. The molecule has 138 valence electrons. The number of aliphatic hydroxyl groups is 1. The third-order valence-electron chi connectivity index (χ3n) is 5.53. The van der Waals surface area contributed by atoms with Gasteiger partial charge in [0.15, 0.2) is 11.6 Å². The highest BCUT2D eigenvalue weighted by Crippen LogP contribution is 2.36. The summed E-state index contributed by atoms with van der Waals surface area (Å²) in [4.78, 5) is 12.6. The molecule has 4 rings (SSSR count). The smallest absolute Gasteiger partial charge is 0.227 e. The summed E-state index contributed by atoms with van der Waals surface area (Å²) in [5.74, 6) is 0.496. The van der Waals surface area contributed by atoms with E-state index in [4.69, 9.17) is 9.47 Å². The molecule has 3 saturated heterocycles. The second kappa shape index (κ2) is 7.01. The first-order chi connectivity index (χ1) is 12.2. The predicted molar refractivity (Wildman–Crippen MR) is 90.4 cm³/mol. The van der Waals surface area contributed by atoms with E-state index in [1.165, 1.54) is 6.20 Å². The highest BCUT2D eigenvalue weighted by Gasteiger charge is 2.44. The molecule has 0 amide bonds. The molecule has 1 aromatic heterocycles. The van der Waals surface area contributed by atoms with Crippen molar-refractivity contribution in [3.8, 4) is 0 Å². The van der Waals surface area contributed by atoms with Crippen molar-refractivity contribution in [1.82, 2.24) is 9.97 Å². The van der Waals surface area contributed by atoms with Gasteiger partial charge in [-0.3, -0.25) is 0 Å². The number of anilines is 2. The van der Waals surface area contributed by atoms with Crippen LogP contribution < -0.4 is 9.80 Å². The molecule has 1 unspecified atom stereocenters. The second-order valence-corrected chi connectivity index (χ2v) is 7.00. The van der Waals surface area contributed by atoms with Crippen LogP contribution in [0.1, 0.15) is 25.7 Å². The highest BCUT2D eigenvalue weighted by atomic mass is 19.1. The lowest BCUT2D eigenvalue weighted by atomic mass is 9.82. The molecule has 4 heterocycles. The van der Waals surface area contributed by atoms with E-state index >= 15 is 0 Å². The number of ether oxygens (including phenoxy) is 2. The Bertz CT molecular complexity index is 604. The molecular formula is C17H25FN4O3. The van der Waals surface area contributed by atoms with E-state index in [1.807, 2.05) is 4.90 Å². The molecule has 7 nitrogen and oxygen atoms in total. The van der Waals surface area contributed by atoms with E-state index in [-0.39, 0.29) is 0 Å². The number of hydrogen-bond acceptors (Lipinski definition) is 7. The molecule has 1 atom stereocenters. The van der Waals surface area contributed by atoms with Crippen molar-refractivity contribution in [1.29, 1.82) is 0 Å². The number of halogens is 1. The van der Waals surface area contributed by atoms with Gasteiger partial charge in [-0.05, 0) is 25.7 Å². The summed E-state index contributed by atoms with van der Waals surface area (Å²) in [6.45, 7) is 4.55. The van der Waals surface area contributed by atoms with Crippen molar-refractivity contribution in [2.75, 3.05) is 55.8 Å². The first kappa shape index (κ1) is 16.9. The molecule has 0 aromatic carbocycles. The monoisotopic (exact) mass is 352 g/mol. The fraction of sp³-hybridized carbons (Fsp3) is 0.765. The lowest BCUT2D eigenvalue weighted by Gasteiger charge is -2.46. The maximum Gasteiger partial charge on any atom is 0.227 e. The first-order valence-electron chi connectivity index (χ1n) is 9.10. The molecule has 3 aliphatic rings. The van der Waals surface area contributed by atoms with Gasteiger partial charge in [-0.25, -0.2) is 9.37 Å². The summed E-state index contributed by atoms with van der Waals surface area (Å²) in [5, 5.41) is 10.3. The summed E-state index contributed by atoms with van der Waals surface area (Å²) < 4.78 is 25.4. The minimum Gasteiger partial charge on any atom is -0.390 e. The van der Waals surface area contributed by atoms with Crippen LogP contribution in [0.4, 0.5) is 16.2 Å². The van der Waals surface area contributed by atoms with E-state index in [0.29, 0.717) is 57.8 Å². The van der Waals surface area contributed by atoms with Crippen LogP contribution in [0, 0.1) is 5.82 Å². The predicted octanol–water partition coefficient (Wildman–Crippen LogP) is 0.963. The van der Waals surface area contributed by atoms with Crippen LogP contribution in [0.2, 0.25) is 0 Å². The van der Waals surface area contributed by atoms with Crippen molar-refractivity contribution in [3.63, 3.8) is 0 Å². The summed E-state index contributed by atoms with van der Waals surface area (Å²) in [5.41, 5.74) is -0.429. The molecule has 8 heteroatoms. The first-order valence-corrected chi connectivity index (χ1v) is 9.10. The van der Waals surface area contributed by atoms with Crippen LogP contribution >= 0.6 is 0 Å². The van der Waals surface area contributed by atoms with Crippen molar-refractivity contribution in [2.45, 2.75) is 37.4 Å². The Kier molecular flexibility index (Phi) is 4.75. The average molecular weight is 352 g/mol. The standard InChI is InChI=1S/C17H25FN4O3/c18-13-12-19-16(20-15(13)21-7-10-24-11-8-21)22-5-3-17(4-6-22)14(23)2-1-9-25-17/h12,14,23H,1-11H2. The van der Waals surface area contributed by atoms with E-state index in [1.54, 1.807) is 0 Å². The summed E-state index contributed by atoms with van der Waals surface area (Å²) in [7, 11) is 0. The van der Waals surface area contributed by atoms with E-state index in [9.17, 15) is 9.50 Å². The number of nitrogens with zero attached hydrogens (tertiary/aromatic N) is 4. The summed E-state index contributed by atoms with van der Waals surface area (Å²) in [6, 6.07) is 0. The zero-order valence-electron chi connectivity index (χ0n) is 14.4. The van der Waals surface area contributed by atoms with Crippen LogP contribution in [0.25, 0.3) is 0 Å². The zero-order valence-corrected chi connectivity index (χ0v) is 14.4. The molecule has 0 radical (unpaired) electrons. The Morgan fingerprint density at radius 2 is 1.88 bits per heavy atom. The van der Waals surface area contributed by atoms with Gasteiger partial charge in [0.05, 0.1) is 31.1 Å². The van der Waals surface area contributed by atoms with Gasteiger partial charge >= 0.3 is 0 Å². The number of morpholine rings is 1. The Hall–Kier alpha value is -1.51. The van der Waals surface area contributed by atoms with Crippen LogP contribution in [-0.2, 0) is 9.47 Å². The highest BCUT2D eigenvalue weighted by molar-refractivity contribution is 5.45. The topological polar surface area (TPSA) is 71.0 Å². The molecular weight excluding hydrogens is 327 g/mol. The summed E-state index contributed by atoms with van der Waals surface area (Å²) in [6.07, 6.45) is 4.04. The molecule has 25 heavy (non-hydrogen) atoms. The van der Waals surface area contributed by atoms with Gasteiger partial charge in [0.2, 0.25) is 5.95 Å². The van der Waals surface area contributed by atoms with Gasteiger partial charge in [-0.2, -0.15) is 4.98 Å². The minimum atomic E-state index is -0.429. The maximum absolute atomic E-state index is 14.2. The van der Waals surface area contributed by atoms with Crippen molar-refractivity contribution >= 4 is 11.8 Å². The fourth-order valence-electron chi connectivity index (χ4n) is 3.97. The van der Waals surface area contributed by atoms with E-state index < -0.39 is 17.5 Å². The van der Waals surface area contributed by atoms with Crippen LogP contribution in [-0.4, -0.2) is 72.8 Å². The van der Waals surface area contributed by atoms with E-state index in [0.717, 1.165) is 25.7 Å². The Morgan fingerprint density at radius 3 is 2.60 bits per heavy atom. The molecule has 3 fully saturated rings. The maximum atomic E-state index is 14.2.